The van der Waals surface area contributed by atoms with Crippen molar-refractivity contribution in [2.45, 2.75) is 19.3 Å². The predicted molar refractivity (Wildman–Crippen MR) is 66.3 cm³/mol. The molecule has 1 saturated heterocycles. The van der Waals surface area contributed by atoms with E-state index < -0.39 is 0 Å². The molecule has 0 saturated carbocycles. The predicted octanol–water partition coefficient (Wildman–Crippen LogP) is 2.62. The largest absolute Gasteiger partial charge is 0.316 e. The Labute approximate surface area is 102 Å². The molecule has 2 nitrogen and oxygen atoms in total. The lowest BCUT2D eigenvalue weighted by atomic mass is 9.93. The second kappa shape index (κ2) is 5.23. The lowest BCUT2D eigenvalue weighted by Gasteiger charge is -2.21. The Morgan fingerprint density at radius 2 is 2.53 bits per heavy atom. The van der Waals surface area contributed by atoms with Gasteiger partial charge in [0.2, 0.25) is 0 Å². The van der Waals surface area contributed by atoms with E-state index in [9.17, 15) is 4.79 Å². The fraction of sp³-hybridized carbons (Fsp3) is 0.545. The fourth-order valence-corrected chi connectivity index (χ4v) is 3.35. The molecule has 2 heterocycles. The van der Waals surface area contributed by atoms with Crippen molar-refractivity contribution in [1.82, 2.24) is 5.32 Å². The van der Waals surface area contributed by atoms with Gasteiger partial charge in [0.15, 0.2) is 0 Å². The lowest BCUT2D eigenvalue weighted by Crippen LogP contribution is -2.34. The van der Waals surface area contributed by atoms with Gasteiger partial charge in [-0.25, -0.2) is 0 Å². The molecule has 1 atom stereocenters. The first-order chi connectivity index (χ1) is 7.25. The number of ketones is 1. The number of nitrogens with one attached hydrogen (secondary N) is 1. The summed E-state index contributed by atoms with van der Waals surface area (Å²) in [5.41, 5.74) is 0. The van der Waals surface area contributed by atoms with E-state index in [2.05, 4.69) is 21.2 Å². The zero-order valence-corrected chi connectivity index (χ0v) is 10.9. The van der Waals surface area contributed by atoms with E-state index in [1.54, 1.807) is 11.3 Å². The van der Waals surface area contributed by atoms with Crippen molar-refractivity contribution in [1.29, 1.82) is 0 Å². The summed E-state index contributed by atoms with van der Waals surface area (Å²) in [4.78, 5) is 13.1. The minimum atomic E-state index is 0.236. The molecular formula is C11H14BrNOS. The third kappa shape index (κ3) is 3.13. The quantitative estimate of drug-likeness (QED) is 0.926. The Morgan fingerprint density at radius 3 is 3.13 bits per heavy atom. The molecule has 0 amide bonds. The highest BCUT2D eigenvalue weighted by molar-refractivity contribution is 9.10. The van der Waals surface area contributed by atoms with Gasteiger partial charge in [0.25, 0.3) is 0 Å². The summed E-state index contributed by atoms with van der Waals surface area (Å²) in [7, 11) is 0. The molecule has 1 fully saturated rings. The van der Waals surface area contributed by atoms with Crippen LogP contribution < -0.4 is 5.32 Å². The van der Waals surface area contributed by atoms with Crippen LogP contribution in [-0.2, 0) is 11.2 Å². The first-order valence-electron chi connectivity index (χ1n) is 5.22. The van der Waals surface area contributed by atoms with Crippen LogP contribution in [0.3, 0.4) is 0 Å². The standard InChI is InChI=1S/C11H14BrNOS/c12-9-4-10(15-7-9)5-11(14)8-2-1-3-13-6-8/h4,7-8,13H,1-3,5-6H2. The maximum Gasteiger partial charge on any atom is 0.142 e. The van der Waals surface area contributed by atoms with Crippen molar-refractivity contribution in [3.8, 4) is 0 Å². The molecule has 1 unspecified atom stereocenters. The number of thiophene rings is 1. The number of piperidine rings is 1. The van der Waals surface area contributed by atoms with Crippen molar-refractivity contribution in [3.63, 3.8) is 0 Å². The van der Waals surface area contributed by atoms with E-state index in [1.807, 2.05) is 11.4 Å². The highest BCUT2D eigenvalue weighted by atomic mass is 79.9. The Kier molecular flexibility index (Phi) is 3.94. The molecule has 0 bridgehead atoms. The number of carbonyl (C=O) groups excluding carboxylic acids is 1. The fourth-order valence-electron chi connectivity index (χ4n) is 1.89. The molecule has 15 heavy (non-hydrogen) atoms. The molecule has 0 spiro atoms. The van der Waals surface area contributed by atoms with Crippen molar-refractivity contribution in [2.75, 3.05) is 13.1 Å². The third-order valence-electron chi connectivity index (χ3n) is 2.72. The minimum absolute atomic E-state index is 0.236. The molecule has 82 valence electrons. The average molecular weight is 288 g/mol. The molecular weight excluding hydrogens is 274 g/mol. The number of halogens is 1. The highest BCUT2D eigenvalue weighted by Gasteiger charge is 2.21. The van der Waals surface area contributed by atoms with Crippen molar-refractivity contribution in [3.05, 3.63) is 20.8 Å². The SMILES string of the molecule is O=C(Cc1cc(Br)cs1)C1CCCNC1. The summed E-state index contributed by atoms with van der Waals surface area (Å²) < 4.78 is 1.08. The van der Waals surface area contributed by atoms with Crippen LogP contribution in [0.2, 0.25) is 0 Å². The zero-order chi connectivity index (χ0) is 10.7. The van der Waals surface area contributed by atoms with E-state index in [0.717, 1.165) is 35.3 Å². The van der Waals surface area contributed by atoms with Gasteiger partial charge in [-0.2, -0.15) is 0 Å². The Balaban J connectivity index is 1.91. The van der Waals surface area contributed by atoms with E-state index in [4.69, 9.17) is 0 Å². The topological polar surface area (TPSA) is 29.1 Å². The number of Topliss-reactive ketones (excluding diaryl/α,β-unsaturated/α-hetero) is 1. The monoisotopic (exact) mass is 287 g/mol. The van der Waals surface area contributed by atoms with Crippen LogP contribution in [0, 0.1) is 5.92 Å². The summed E-state index contributed by atoms with van der Waals surface area (Å²) in [6.07, 6.45) is 2.78. The molecule has 0 radical (unpaired) electrons. The van der Waals surface area contributed by atoms with Gasteiger partial charge in [0.05, 0.1) is 0 Å². The molecule has 0 aliphatic carbocycles. The molecule has 1 aromatic heterocycles. The summed E-state index contributed by atoms with van der Waals surface area (Å²) in [6.45, 7) is 1.93. The number of carbonyl (C=O) groups is 1. The van der Waals surface area contributed by atoms with Gasteiger partial charge >= 0.3 is 0 Å². The zero-order valence-electron chi connectivity index (χ0n) is 8.46. The molecule has 4 heteroatoms. The summed E-state index contributed by atoms with van der Waals surface area (Å²) in [5, 5.41) is 5.31. The second-order valence-corrected chi connectivity index (χ2v) is 5.83. The van der Waals surface area contributed by atoms with Crippen molar-refractivity contribution >= 4 is 33.0 Å². The van der Waals surface area contributed by atoms with Crippen LogP contribution >= 0.6 is 27.3 Å². The Hall–Kier alpha value is -0.190. The van der Waals surface area contributed by atoms with Crippen LogP contribution in [0.15, 0.2) is 15.9 Å². The molecule has 1 aliphatic heterocycles. The van der Waals surface area contributed by atoms with Crippen LogP contribution in [-0.4, -0.2) is 18.9 Å². The van der Waals surface area contributed by atoms with Gasteiger partial charge in [-0.3, -0.25) is 4.79 Å². The summed E-state index contributed by atoms with van der Waals surface area (Å²) in [6, 6.07) is 2.04. The van der Waals surface area contributed by atoms with E-state index in [-0.39, 0.29) is 5.92 Å². The first kappa shape index (κ1) is 11.3. The number of hydrogen-bond donors (Lipinski definition) is 1. The van der Waals surface area contributed by atoms with Crippen LogP contribution in [0.5, 0.6) is 0 Å². The Morgan fingerprint density at radius 1 is 1.67 bits per heavy atom. The normalized spacial score (nSPS) is 21.5. The van der Waals surface area contributed by atoms with Crippen LogP contribution in [0.25, 0.3) is 0 Å². The lowest BCUT2D eigenvalue weighted by molar-refractivity contribution is -0.122. The third-order valence-corrected chi connectivity index (χ3v) is 4.42. The van der Waals surface area contributed by atoms with Gasteiger partial charge in [-0.05, 0) is 41.4 Å². The van der Waals surface area contributed by atoms with Crippen LogP contribution in [0.1, 0.15) is 17.7 Å². The van der Waals surface area contributed by atoms with Gasteiger partial charge in [0, 0.05) is 33.6 Å². The Bertz CT molecular complexity index is 344. The molecule has 0 aromatic carbocycles. The molecule has 1 N–H and O–H groups in total. The van der Waals surface area contributed by atoms with E-state index >= 15 is 0 Å². The smallest absolute Gasteiger partial charge is 0.142 e. The maximum atomic E-state index is 11.9. The van der Waals surface area contributed by atoms with Crippen molar-refractivity contribution in [2.24, 2.45) is 5.92 Å². The second-order valence-electron chi connectivity index (χ2n) is 3.92. The molecule has 1 aliphatic rings. The summed E-state index contributed by atoms with van der Waals surface area (Å²) >= 11 is 5.06. The van der Waals surface area contributed by atoms with E-state index in [0.29, 0.717) is 12.2 Å². The average Bonchev–Trinajstić information content (AvgIpc) is 2.65. The van der Waals surface area contributed by atoms with Crippen molar-refractivity contribution < 1.29 is 4.79 Å². The number of hydrogen-bond acceptors (Lipinski definition) is 3. The molecule has 2 rings (SSSR count). The molecule has 1 aromatic rings. The van der Waals surface area contributed by atoms with Gasteiger partial charge in [0.1, 0.15) is 5.78 Å². The van der Waals surface area contributed by atoms with Crippen LogP contribution in [0.4, 0.5) is 0 Å². The van der Waals surface area contributed by atoms with Gasteiger partial charge in [-0.15, -0.1) is 11.3 Å². The van der Waals surface area contributed by atoms with Gasteiger partial charge < -0.3 is 5.32 Å². The van der Waals surface area contributed by atoms with E-state index in [1.165, 1.54) is 0 Å². The minimum Gasteiger partial charge on any atom is -0.316 e. The number of rotatable bonds is 3. The first-order valence-corrected chi connectivity index (χ1v) is 6.89. The van der Waals surface area contributed by atoms with Gasteiger partial charge in [-0.1, -0.05) is 0 Å². The maximum absolute atomic E-state index is 11.9. The summed E-state index contributed by atoms with van der Waals surface area (Å²) in [5.74, 6) is 0.621. The highest BCUT2D eigenvalue weighted by Crippen LogP contribution is 2.22.